The number of primary amides is 1. The number of anilines is 1. The van der Waals surface area contributed by atoms with Crippen LogP contribution in [0.3, 0.4) is 0 Å². The van der Waals surface area contributed by atoms with Gasteiger partial charge in [-0.05, 0) is 37.3 Å². The third-order valence-corrected chi connectivity index (χ3v) is 4.59. The lowest BCUT2D eigenvalue weighted by Crippen LogP contribution is -2.39. The molecule has 0 radical (unpaired) electrons. The monoisotopic (exact) mass is 462 g/mol. The van der Waals surface area contributed by atoms with Gasteiger partial charge < -0.3 is 10.5 Å². The molecule has 3 rings (SSSR count). The third kappa shape index (κ3) is 5.25. The molecule has 0 atom stereocenters. The molecule has 2 heterocycles. The molecule has 0 bridgehead atoms. The molecule has 33 heavy (non-hydrogen) atoms. The van der Waals surface area contributed by atoms with Crippen molar-refractivity contribution in [2.24, 2.45) is 5.73 Å². The average Bonchev–Trinajstić information content (AvgIpc) is 2.76. The molecule has 0 saturated heterocycles. The number of methoxy groups -OCH3 is 1. The molecule has 0 saturated carbocycles. The Hall–Kier alpha value is -4.02. The highest BCUT2D eigenvalue weighted by Crippen LogP contribution is 2.37. The Bertz CT molecular complexity index is 1210. The van der Waals surface area contributed by atoms with Crippen LogP contribution in [0.15, 0.2) is 48.8 Å². The summed E-state index contributed by atoms with van der Waals surface area (Å²) in [6.45, 7) is 0.660. The number of halogens is 4. The smallest absolute Gasteiger partial charge is 0.433 e. The fourth-order valence-corrected chi connectivity index (χ4v) is 3.23. The fraction of sp³-hybridized carbons (Fsp3) is 0.182. The van der Waals surface area contributed by atoms with Crippen LogP contribution in [0.5, 0.6) is 5.75 Å². The number of nitrogens with two attached hydrogens (primary N) is 1. The number of rotatable bonds is 6. The van der Waals surface area contributed by atoms with Gasteiger partial charge in [0.25, 0.3) is 5.91 Å². The molecule has 0 spiro atoms. The number of amides is 2. The van der Waals surface area contributed by atoms with E-state index in [0.29, 0.717) is 17.2 Å². The highest BCUT2D eigenvalue weighted by molar-refractivity contribution is 6.10. The van der Waals surface area contributed by atoms with Gasteiger partial charge in [-0.1, -0.05) is 0 Å². The Kier molecular flexibility index (Phi) is 6.61. The van der Waals surface area contributed by atoms with Crippen LogP contribution in [0.4, 0.5) is 23.2 Å². The Labute approximate surface area is 185 Å². The normalized spacial score (nSPS) is 11.2. The zero-order chi connectivity index (χ0) is 24.3. The molecule has 11 heteroatoms. The van der Waals surface area contributed by atoms with Gasteiger partial charge in [0.2, 0.25) is 5.91 Å². The number of hydrogen-bond acceptors (Lipinski definition) is 5. The van der Waals surface area contributed by atoms with Gasteiger partial charge in [-0.25, -0.2) is 9.37 Å². The summed E-state index contributed by atoms with van der Waals surface area (Å²) in [5.41, 5.74) is 4.42. The first kappa shape index (κ1) is 23.6. The number of ether oxygens (including phenoxy) is 1. The molecule has 7 nitrogen and oxygen atoms in total. The first-order chi connectivity index (χ1) is 15.5. The van der Waals surface area contributed by atoms with Crippen LogP contribution >= 0.6 is 0 Å². The Balaban J connectivity index is 2.18. The lowest BCUT2D eigenvalue weighted by Gasteiger charge is -2.25. The summed E-state index contributed by atoms with van der Waals surface area (Å²) in [4.78, 5) is 33.4. The van der Waals surface area contributed by atoms with Crippen molar-refractivity contribution in [3.8, 4) is 16.9 Å². The molecule has 172 valence electrons. The largest absolute Gasteiger partial charge is 0.496 e. The number of aromatic nitrogens is 2. The van der Waals surface area contributed by atoms with Crippen molar-refractivity contribution in [1.29, 1.82) is 0 Å². The van der Waals surface area contributed by atoms with Gasteiger partial charge in [0.15, 0.2) is 0 Å². The summed E-state index contributed by atoms with van der Waals surface area (Å²) in [5, 5.41) is 0. The first-order valence-corrected chi connectivity index (χ1v) is 9.45. The van der Waals surface area contributed by atoms with Crippen LogP contribution in [0.2, 0.25) is 0 Å². The molecule has 2 amide bonds. The second kappa shape index (κ2) is 9.23. The Morgan fingerprint density at radius 3 is 2.48 bits per heavy atom. The van der Waals surface area contributed by atoms with Gasteiger partial charge in [-0.15, -0.1) is 0 Å². The van der Waals surface area contributed by atoms with Crippen LogP contribution in [0, 0.1) is 12.7 Å². The predicted molar refractivity (Wildman–Crippen MR) is 111 cm³/mol. The van der Waals surface area contributed by atoms with Gasteiger partial charge in [-0.2, -0.15) is 13.2 Å². The fourth-order valence-electron chi connectivity index (χ4n) is 3.23. The van der Waals surface area contributed by atoms with E-state index in [1.165, 1.54) is 50.7 Å². The highest BCUT2D eigenvalue weighted by Gasteiger charge is 2.34. The second-order valence-corrected chi connectivity index (χ2v) is 6.98. The predicted octanol–water partition coefficient (Wildman–Crippen LogP) is 3.75. The quantitative estimate of drug-likeness (QED) is 0.563. The number of nitrogens with zero attached hydrogens (tertiary/aromatic N) is 3. The molecule has 0 aliphatic heterocycles. The Morgan fingerprint density at radius 1 is 1.12 bits per heavy atom. The molecular weight excluding hydrogens is 444 g/mol. The van der Waals surface area contributed by atoms with Crippen molar-refractivity contribution in [1.82, 2.24) is 9.97 Å². The minimum atomic E-state index is -4.78. The van der Waals surface area contributed by atoms with Crippen LogP contribution in [0.1, 0.15) is 21.7 Å². The van der Waals surface area contributed by atoms with Gasteiger partial charge in [0, 0.05) is 34.6 Å². The third-order valence-electron chi connectivity index (χ3n) is 4.59. The molecule has 2 aromatic heterocycles. The van der Waals surface area contributed by atoms with E-state index in [9.17, 15) is 27.2 Å². The Morgan fingerprint density at radius 2 is 1.85 bits per heavy atom. The number of pyridine rings is 2. The average molecular weight is 462 g/mol. The lowest BCUT2D eigenvalue weighted by atomic mass is 10.0. The number of benzene rings is 1. The minimum absolute atomic E-state index is 0.0428. The van der Waals surface area contributed by atoms with Crippen molar-refractivity contribution in [2.75, 3.05) is 18.6 Å². The van der Waals surface area contributed by atoms with Crippen molar-refractivity contribution in [2.45, 2.75) is 13.1 Å². The molecule has 0 fully saturated rings. The van der Waals surface area contributed by atoms with Crippen LogP contribution in [-0.2, 0) is 11.0 Å². The van der Waals surface area contributed by atoms with E-state index in [0.717, 1.165) is 11.0 Å². The summed E-state index contributed by atoms with van der Waals surface area (Å²) in [5.74, 6) is -2.28. The van der Waals surface area contributed by atoms with Crippen molar-refractivity contribution in [3.05, 3.63) is 71.6 Å². The molecule has 0 aliphatic carbocycles. The van der Waals surface area contributed by atoms with Gasteiger partial charge in [0.05, 0.1) is 19.0 Å². The van der Waals surface area contributed by atoms with E-state index in [2.05, 4.69) is 9.97 Å². The lowest BCUT2D eigenvalue weighted by molar-refractivity contribution is -0.141. The van der Waals surface area contributed by atoms with E-state index in [1.807, 2.05) is 0 Å². The van der Waals surface area contributed by atoms with Crippen LogP contribution < -0.4 is 15.4 Å². The highest BCUT2D eigenvalue weighted by atomic mass is 19.4. The van der Waals surface area contributed by atoms with Crippen LogP contribution in [-0.4, -0.2) is 35.4 Å². The van der Waals surface area contributed by atoms with Gasteiger partial charge in [0.1, 0.15) is 23.8 Å². The molecule has 1 aromatic carbocycles. The SMILES string of the molecule is COc1cc(F)ccc1-c1ccncc1N(CC(N)=O)C(=O)c1cc(C)nc(C(F)(F)F)c1. The van der Waals surface area contributed by atoms with Gasteiger partial charge in [-0.3, -0.25) is 19.5 Å². The summed E-state index contributed by atoms with van der Waals surface area (Å²) in [6.07, 6.45) is -2.14. The topological polar surface area (TPSA) is 98.4 Å². The van der Waals surface area contributed by atoms with E-state index in [1.54, 1.807) is 0 Å². The summed E-state index contributed by atoms with van der Waals surface area (Å²) in [7, 11) is 1.32. The molecule has 2 N–H and O–H groups in total. The zero-order valence-corrected chi connectivity index (χ0v) is 17.5. The summed E-state index contributed by atoms with van der Waals surface area (Å²) >= 11 is 0. The first-order valence-electron chi connectivity index (χ1n) is 9.45. The maximum Gasteiger partial charge on any atom is 0.433 e. The zero-order valence-electron chi connectivity index (χ0n) is 17.5. The second-order valence-electron chi connectivity index (χ2n) is 6.98. The van der Waals surface area contributed by atoms with E-state index < -0.39 is 36.0 Å². The van der Waals surface area contributed by atoms with Crippen molar-refractivity contribution >= 4 is 17.5 Å². The van der Waals surface area contributed by atoms with Crippen LogP contribution in [0.25, 0.3) is 11.1 Å². The van der Waals surface area contributed by atoms with E-state index in [-0.39, 0.29) is 22.7 Å². The van der Waals surface area contributed by atoms with Crippen molar-refractivity contribution < 1.29 is 31.9 Å². The van der Waals surface area contributed by atoms with E-state index in [4.69, 9.17) is 10.5 Å². The molecule has 3 aromatic rings. The molecular formula is C22H18F4N4O3. The molecule has 0 aliphatic rings. The number of alkyl halides is 3. The van der Waals surface area contributed by atoms with Gasteiger partial charge >= 0.3 is 6.18 Å². The number of carbonyl (C=O) groups is 2. The molecule has 0 unspecified atom stereocenters. The number of hydrogen-bond donors (Lipinski definition) is 1. The maximum absolute atomic E-state index is 13.7. The summed E-state index contributed by atoms with van der Waals surface area (Å²) < 4.78 is 58.6. The summed E-state index contributed by atoms with van der Waals surface area (Å²) in [6, 6.07) is 6.95. The van der Waals surface area contributed by atoms with Crippen molar-refractivity contribution in [3.63, 3.8) is 0 Å². The number of carbonyl (C=O) groups excluding carboxylic acids is 2. The number of aryl methyl sites for hydroxylation is 1. The standard InChI is InChI=1S/C22H18F4N4O3/c1-12-7-13(8-19(29-12)22(24,25)26)21(32)30(11-20(27)31)17-10-28-6-5-15(17)16-4-3-14(23)9-18(16)33-2/h3-10H,11H2,1-2H3,(H2,27,31). The minimum Gasteiger partial charge on any atom is -0.496 e. The maximum atomic E-state index is 13.7. The van der Waals surface area contributed by atoms with E-state index >= 15 is 0 Å².